The van der Waals surface area contributed by atoms with Gasteiger partial charge in [0.15, 0.2) is 13.1 Å². The maximum Gasteiger partial charge on any atom is 0.276 e. The maximum atomic E-state index is 12.0. The molecule has 2 atom stereocenters. The summed E-state index contributed by atoms with van der Waals surface area (Å²) in [5.41, 5.74) is -1.17. The summed E-state index contributed by atoms with van der Waals surface area (Å²) in [5.74, 6) is -0.315. The summed E-state index contributed by atoms with van der Waals surface area (Å²) < 4.78 is 0. The first-order valence-electron chi connectivity index (χ1n) is 7.24. The summed E-state index contributed by atoms with van der Waals surface area (Å²) in [6.07, 6.45) is 0. The van der Waals surface area contributed by atoms with Crippen molar-refractivity contribution in [3.8, 4) is 6.07 Å². The Morgan fingerprint density at radius 3 is 1.86 bits per heavy atom. The van der Waals surface area contributed by atoms with Crippen molar-refractivity contribution in [2.45, 2.75) is 52.6 Å². The van der Waals surface area contributed by atoms with Crippen molar-refractivity contribution < 1.29 is 14.5 Å². The first-order valence-corrected chi connectivity index (χ1v) is 7.24. The fourth-order valence-corrected chi connectivity index (χ4v) is 1.71. The average Bonchev–Trinajstić information content (AvgIpc) is 2.24. The van der Waals surface area contributed by atoms with Gasteiger partial charge in [-0.15, -0.1) is 0 Å². The van der Waals surface area contributed by atoms with Crippen LogP contribution >= 0.6 is 0 Å². The molecule has 0 radical (unpaired) electrons. The smallest absolute Gasteiger partial charge is 0.276 e. The first-order chi connectivity index (χ1) is 9.39. The van der Waals surface area contributed by atoms with Crippen LogP contribution in [0.5, 0.6) is 0 Å². The van der Waals surface area contributed by atoms with Crippen LogP contribution in [0.4, 0.5) is 0 Å². The van der Waals surface area contributed by atoms with Gasteiger partial charge in [0, 0.05) is 5.54 Å². The highest BCUT2D eigenvalue weighted by Gasteiger charge is 2.31. The van der Waals surface area contributed by atoms with E-state index in [4.69, 9.17) is 0 Å². The highest BCUT2D eigenvalue weighted by molar-refractivity contribution is 5.80. The number of nitrogens with one attached hydrogen (secondary N) is 3. The molecule has 0 aromatic carbocycles. The minimum Gasteiger partial charge on any atom is -0.347 e. The summed E-state index contributed by atoms with van der Waals surface area (Å²) in [5, 5.41) is 14.8. The third-order valence-corrected chi connectivity index (χ3v) is 3.23. The van der Waals surface area contributed by atoms with E-state index in [1.807, 2.05) is 34.6 Å². The van der Waals surface area contributed by atoms with Gasteiger partial charge >= 0.3 is 0 Å². The van der Waals surface area contributed by atoms with Gasteiger partial charge in [-0.05, 0) is 33.6 Å². The molecule has 0 aliphatic carbocycles. The van der Waals surface area contributed by atoms with E-state index in [9.17, 15) is 14.9 Å². The lowest BCUT2D eigenvalue weighted by atomic mass is 9.90. The van der Waals surface area contributed by atoms with E-state index in [0.717, 1.165) is 4.90 Å². The van der Waals surface area contributed by atoms with Gasteiger partial charge in [0.1, 0.15) is 5.54 Å². The lowest BCUT2D eigenvalue weighted by molar-refractivity contribution is -0.862. The number of carbonyl (C=O) groups is 2. The minimum absolute atomic E-state index is 0.0101. The predicted molar refractivity (Wildman–Crippen MR) is 81.5 cm³/mol. The lowest BCUT2D eigenvalue weighted by Gasteiger charge is -2.27. The summed E-state index contributed by atoms with van der Waals surface area (Å²) in [6.45, 7) is 11.6. The second kappa shape index (κ2) is 7.41. The van der Waals surface area contributed by atoms with Crippen LogP contribution in [0.2, 0.25) is 0 Å². The lowest BCUT2D eigenvalue weighted by Crippen LogP contribution is -3.11. The molecule has 120 valence electrons. The maximum absolute atomic E-state index is 12.0. The van der Waals surface area contributed by atoms with Gasteiger partial charge in [-0.25, -0.2) is 0 Å². The van der Waals surface area contributed by atoms with Crippen LogP contribution in [0.1, 0.15) is 41.5 Å². The number of nitrogens with zero attached hydrogens (tertiary/aromatic N) is 1. The van der Waals surface area contributed by atoms with Gasteiger partial charge in [-0.2, -0.15) is 5.26 Å². The fraction of sp³-hybridized carbons (Fsp3) is 0.800. The zero-order valence-corrected chi connectivity index (χ0v) is 14.3. The standard InChI is InChI=1S/C15H28N4O2/c1-11(2)15(6,10-16)18-13(21)9-19(7)8-12(20)17-14(3,4)5/h11H,8-9H2,1-7H3,(H,17,20)(H,18,21)/p+1/t15-/m1/s1. The summed E-state index contributed by atoms with van der Waals surface area (Å²) in [6, 6.07) is 2.13. The largest absolute Gasteiger partial charge is 0.347 e. The SMILES string of the molecule is CC(C)[C@@](C)(C#N)NC(=O)C[NH+](C)CC(=O)NC(C)(C)C. The number of amides is 2. The zero-order chi connectivity index (χ0) is 16.8. The molecule has 6 heteroatoms. The highest BCUT2D eigenvalue weighted by atomic mass is 16.2. The molecule has 0 saturated carbocycles. The van der Waals surface area contributed by atoms with Crippen molar-refractivity contribution >= 4 is 11.8 Å². The zero-order valence-electron chi connectivity index (χ0n) is 14.3. The monoisotopic (exact) mass is 297 g/mol. The quantitative estimate of drug-likeness (QED) is 0.616. The van der Waals surface area contributed by atoms with Crippen LogP contribution in [0, 0.1) is 17.2 Å². The van der Waals surface area contributed by atoms with E-state index in [-0.39, 0.29) is 36.4 Å². The molecule has 0 rings (SSSR count). The number of quaternary nitrogens is 1. The van der Waals surface area contributed by atoms with Gasteiger partial charge in [0.2, 0.25) is 0 Å². The Hall–Kier alpha value is -1.61. The Kier molecular flexibility index (Phi) is 6.84. The molecule has 2 amide bonds. The Balaban J connectivity index is 4.41. The van der Waals surface area contributed by atoms with Gasteiger partial charge in [-0.1, -0.05) is 13.8 Å². The van der Waals surface area contributed by atoms with E-state index in [2.05, 4.69) is 16.7 Å². The van der Waals surface area contributed by atoms with Crippen LogP contribution in [0.3, 0.4) is 0 Å². The van der Waals surface area contributed by atoms with E-state index < -0.39 is 5.54 Å². The van der Waals surface area contributed by atoms with Crippen molar-refractivity contribution in [2.75, 3.05) is 20.1 Å². The van der Waals surface area contributed by atoms with Crippen molar-refractivity contribution in [1.82, 2.24) is 10.6 Å². The second-order valence-corrected chi connectivity index (χ2v) is 7.13. The predicted octanol–water partition coefficient (Wildman–Crippen LogP) is -0.530. The second-order valence-electron chi connectivity index (χ2n) is 7.13. The van der Waals surface area contributed by atoms with Crippen LogP contribution in [0.25, 0.3) is 0 Å². The Bertz CT molecular complexity index is 420. The van der Waals surface area contributed by atoms with Crippen LogP contribution in [-0.2, 0) is 9.59 Å². The molecule has 21 heavy (non-hydrogen) atoms. The number of carbonyl (C=O) groups excluding carboxylic acids is 2. The summed E-state index contributed by atoms with van der Waals surface area (Å²) >= 11 is 0. The highest BCUT2D eigenvalue weighted by Crippen LogP contribution is 2.14. The third kappa shape index (κ3) is 7.66. The number of rotatable bonds is 6. The number of likely N-dealkylation sites (N-methyl/N-ethyl adjacent to an activating group) is 1. The molecule has 0 spiro atoms. The molecule has 0 saturated heterocycles. The van der Waals surface area contributed by atoms with Crippen molar-refractivity contribution in [1.29, 1.82) is 5.26 Å². The molecule has 0 aliphatic rings. The topological polar surface area (TPSA) is 86.4 Å². The number of nitriles is 1. The van der Waals surface area contributed by atoms with E-state index >= 15 is 0 Å². The number of hydrogen-bond acceptors (Lipinski definition) is 3. The van der Waals surface area contributed by atoms with Crippen LogP contribution < -0.4 is 15.5 Å². The molecule has 0 fully saturated rings. The normalized spacial score (nSPS) is 15.8. The minimum atomic E-state index is -0.884. The molecule has 0 heterocycles. The molecule has 0 aliphatic heterocycles. The summed E-state index contributed by atoms with van der Waals surface area (Å²) in [7, 11) is 1.78. The fourth-order valence-electron chi connectivity index (χ4n) is 1.71. The van der Waals surface area contributed by atoms with E-state index in [0.29, 0.717) is 0 Å². The Morgan fingerprint density at radius 2 is 1.52 bits per heavy atom. The molecule has 3 N–H and O–H groups in total. The van der Waals surface area contributed by atoms with Crippen molar-refractivity contribution in [3.05, 3.63) is 0 Å². The van der Waals surface area contributed by atoms with Crippen LogP contribution in [0.15, 0.2) is 0 Å². The van der Waals surface area contributed by atoms with Crippen molar-refractivity contribution in [3.63, 3.8) is 0 Å². The number of hydrogen-bond donors (Lipinski definition) is 3. The van der Waals surface area contributed by atoms with Gasteiger partial charge in [0.05, 0.1) is 13.1 Å². The van der Waals surface area contributed by atoms with Crippen molar-refractivity contribution in [2.24, 2.45) is 5.92 Å². The van der Waals surface area contributed by atoms with Gasteiger partial charge < -0.3 is 15.5 Å². The molecule has 0 aromatic rings. The van der Waals surface area contributed by atoms with Crippen LogP contribution in [-0.4, -0.2) is 43.0 Å². The van der Waals surface area contributed by atoms with E-state index in [1.54, 1.807) is 14.0 Å². The molecule has 6 nitrogen and oxygen atoms in total. The Labute approximate surface area is 127 Å². The molecule has 0 aromatic heterocycles. The summed E-state index contributed by atoms with van der Waals surface area (Å²) in [4.78, 5) is 24.5. The van der Waals surface area contributed by atoms with Gasteiger partial charge in [0.25, 0.3) is 11.8 Å². The third-order valence-electron chi connectivity index (χ3n) is 3.23. The Morgan fingerprint density at radius 1 is 1.10 bits per heavy atom. The molecule has 0 bridgehead atoms. The average molecular weight is 297 g/mol. The first kappa shape index (κ1) is 19.4. The van der Waals surface area contributed by atoms with E-state index in [1.165, 1.54) is 0 Å². The molecular weight excluding hydrogens is 268 g/mol. The molecular formula is C15H29N4O2+. The van der Waals surface area contributed by atoms with Gasteiger partial charge in [-0.3, -0.25) is 9.59 Å². The molecule has 1 unspecified atom stereocenters.